The molecule has 0 aliphatic heterocycles. The molecule has 0 saturated carbocycles. The minimum Gasteiger partial charge on any atom is -0.304 e. The molecule has 13 heavy (non-hydrogen) atoms. The number of alkyl halides is 2. The molecule has 74 valence electrons. The highest BCUT2D eigenvalue weighted by Crippen LogP contribution is 2.21. The van der Waals surface area contributed by atoms with Crippen molar-refractivity contribution in [3.05, 3.63) is 20.8 Å². The molecule has 0 aromatic carbocycles. The summed E-state index contributed by atoms with van der Waals surface area (Å²) in [6.07, 6.45) is -2.30. The van der Waals surface area contributed by atoms with Crippen LogP contribution in [0.3, 0.4) is 0 Å². The van der Waals surface area contributed by atoms with Gasteiger partial charge in [-0.05, 0) is 35.0 Å². The molecule has 0 radical (unpaired) electrons. The van der Waals surface area contributed by atoms with Crippen molar-refractivity contribution < 1.29 is 8.78 Å². The smallest absolute Gasteiger partial charge is 0.253 e. The summed E-state index contributed by atoms with van der Waals surface area (Å²) in [4.78, 5) is 1.05. The summed E-state index contributed by atoms with van der Waals surface area (Å²) in [5.41, 5.74) is 0. The van der Waals surface area contributed by atoms with E-state index in [0.29, 0.717) is 6.54 Å². The molecule has 0 fully saturated rings. The lowest BCUT2D eigenvalue weighted by atomic mass is 10.3. The van der Waals surface area contributed by atoms with Crippen LogP contribution in [0.25, 0.3) is 0 Å². The maximum absolute atomic E-state index is 12.1. The van der Waals surface area contributed by atoms with E-state index in [9.17, 15) is 8.78 Å². The highest BCUT2D eigenvalue weighted by atomic mass is 79.9. The molecule has 1 unspecified atom stereocenters. The molecule has 0 aliphatic carbocycles. The van der Waals surface area contributed by atoms with Crippen molar-refractivity contribution in [3.63, 3.8) is 0 Å². The highest BCUT2D eigenvalue weighted by Gasteiger charge is 2.13. The van der Waals surface area contributed by atoms with Gasteiger partial charge in [0.25, 0.3) is 6.43 Å². The Morgan fingerprint density at radius 2 is 2.23 bits per heavy atom. The standard InChI is InChI=1S/C8H10BrF2NS/c1-5(8(10)11)12-4-6-2-3-7(9)13-6/h2-3,5,8,12H,4H2,1H3. The summed E-state index contributed by atoms with van der Waals surface area (Å²) < 4.78 is 25.2. The van der Waals surface area contributed by atoms with Crippen LogP contribution in [0.15, 0.2) is 15.9 Å². The molecular formula is C8H10BrF2NS. The number of rotatable bonds is 4. The molecule has 1 heterocycles. The topological polar surface area (TPSA) is 12.0 Å². The number of thiophene rings is 1. The SMILES string of the molecule is CC(NCc1ccc(Br)s1)C(F)F. The summed E-state index contributed by atoms with van der Waals surface area (Å²) >= 11 is 4.86. The van der Waals surface area contributed by atoms with E-state index >= 15 is 0 Å². The van der Waals surface area contributed by atoms with E-state index in [2.05, 4.69) is 21.2 Å². The fraction of sp³-hybridized carbons (Fsp3) is 0.500. The predicted octanol–water partition coefficient (Wildman–Crippen LogP) is 3.25. The zero-order valence-electron chi connectivity index (χ0n) is 7.06. The average Bonchev–Trinajstić information content (AvgIpc) is 2.47. The molecule has 1 atom stereocenters. The van der Waals surface area contributed by atoms with Gasteiger partial charge in [0, 0.05) is 11.4 Å². The molecule has 0 bridgehead atoms. The number of hydrogen-bond donors (Lipinski definition) is 1. The van der Waals surface area contributed by atoms with Crippen LogP contribution in [-0.2, 0) is 6.54 Å². The third-order valence-corrected chi connectivity index (χ3v) is 3.23. The van der Waals surface area contributed by atoms with E-state index < -0.39 is 12.5 Å². The Labute approximate surface area is 88.3 Å². The second-order valence-electron chi connectivity index (χ2n) is 2.71. The molecule has 0 spiro atoms. The molecule has 1 N–H and O–H groups in total. The fourth-order valence-corrected chi connectivity index (χ4v) is 2.23. The van der Waals surface area contributed by atoms with Gasteiger partial charge in [0.05, 0.1) is 9.83 Å². The third kappa shape index (κ3) is 3.70. The van der Waals surface area contributed by atoms with Crippen molar-refractivity contribution in [3.8, 4) is 0 Å². The molecule has 1 rings (SSSR count). The molecule has 1 nitrogen and oxygen atoms in total. The molecule has 0 saturated heterocycles. The first-order valence-corrected chi connectivity index (χ1v) is 5.46. The summed E-state index contributed by atoms with van der Waals surface area (Å²) in [5, 5.41) is 2.75. The molecule has 5 heteroatoms. The van der Waals surface area contributed by atoms with E-state index in [-0.39, 0.29) is 0 Å². The molecule has 0 aliphatic rings. The van der Waals surface area contributed by atoms with Crippen molar-refractivity contribution in [2.24, 2.45) is 0 Å². The first-order chi connectivity index (χ1) is 6.09. The van der Waals surface area contributed by atoms with Gasteiger partial charge in [0.15, 0.2) is 0 Å². The molecule has 0 amide bonds. The lowest BCUT2D eigenvalue weighted by Gasteiger charge is -2.10. The van der Waals surface area contributed by atoms with Crippen LogP contribution in [0.1, 0.15) is 11.8 Å². The van der Waals surface area contributed by atoms with E-state index in [1.165, 1.54) is 6.92 Å². The van der Waals surface area contributed by atoms with Crippen LogP contribution in [-0.4, -0.2) is 12.5 Å². The summed E-state index contributed by atoms with van der Waals surface area (Å²) in [7, 11) is 0. The minimum absolute atomic E-state index is 0.502. The van der Waals surface area contributed by atoms with Gasteiger partial charge < -0.3 is 5.32 Å². The minimum atomic E-state index is -2.30. The van der Waals surface area contributed by atoms with Crippen LogP contribution in [0.2, 0.25) is 0 Å². The van der Waals surface area contributed by atoms with Gasteiger partial charge in [-0.2, -0.15) is 0 Å². The van der Waals surface area contributed by atoms with Crippen LogP contribution in [0, 0.1) is 0 Å². The summed E-state index contributed by atoms with van der Waals surface area (Å²) in [6.45, 7) is 1.98. The van der Waals surface area contributed by atoms with E-state index in [4.69, 9.17) is 0 Å². The Kier molecular flexibility index (Phi) is 4.28. The normalized spacial score (nSPS) is 13.6. The van der Waals surface area contributed by atoms with Gasteiger partial charge in [-0.15, -0.1) is 11.3 Å². The van der Waals surface area contributed by atoms with Gasteiger partial charge in [0.2, 0.25) is 0 Å². The van der Waals surface area contributed by atoms with Crippen molar-refractivity contribution in [1.82, 2.24) is 5.32 Å². The van der Waals surface area contributed by atoms with Gasteiger partial charge in [-0.3, -0.25) is 0 Å². The van der Waals surface area contributed by atoms with Crippen molar-refractivity contribution in [1.29, 1.82) is 0 Å². The van der Waals surface area contributed by atoms with Gasteiger partial charge in [-0.1, -0.05) is 0 Å². The summed E-state index contributed by atoms with van der Waals surface area (Å²) in [6, 6.07) is 3.08. The van der Waals surface area contributed by atoms with Crippen LogP contribution < -0.4 is 5.32 Å². The van der Waals surface area contributed by atoms with Crippen molar-refractivity contribution in [2.75, 3.05) is 0 Å². The second kappa shape index (κ2) is 5.02. The first kappa shape index (κ1) is 11.1. The van der Waals surface area contributed by atoms with Crippen LogP contribution in [0.4, 0.5) is 8.78 Å². The maximum Gasteiger partial charge on any atom is 0.253 e. The number of nitrogens with one attached hydrogen (secondary N) is 1. The Hall–Kier alpha value is -0.0000000000000000833. The lowest BCUT2D eigenvalue weighted by molar-refractivity contribution is 0.105. The average molecular weight is 270 g/mol. The van der Waals surface area contributed by atoms with E-state index in [1.54, 1.807) is 11.3 Å². The Morgan fingerprint density at radius 3 is 2.69 bits per heavy atom. The first-order valence-electron chi connectivity index (χ1n) is 3.85. The second-order valence-corrected chi connectivity index (χ2v) is 5.26. The van der Waals surface area contributed by atoms with E-state index in [1.807, 2.05) is 12.1 Å². The number of hydrogen-bond acceptors (Lipinski definition) is 2. The Morgan fingerprint density at radius 1 is 1.54 bits per heavy atom. The third-order valence-electron chi connectivity index (χ3n) is 1.61. The Bertz CT molecular complexity index is 264. The van der Waals surface area contributed by atoms with Gasteiger partial charge >= 0.3 is 0 Å². The lowest BCUT2D eigenvalue weighted by Crippen LogP contribution is -2.31. The monoisotopic (exact) mass is 269 g/mol. The fourth-order valence-electron chi connectivity index (χ4n) is 0.797. The van der Waals surface area contributed by atoms with Crippen LogP contribution in [0.5, 0.6) is 0 Å². The molecule has 1 aromatic rings. The van der Waals surface area contributed by atoms with Crippen molar-refractivity contribution >= 4 is 27.3 Å². The number of halogens is 3. The maximum atomic E-state index is 12.1. The summed E-state index contributed by atoms with van der Waals surface area (Å²) in [5.74, 6) is 0. The largest absolute Gasteiger partial charge is 0.304 e. The molecular weight excluding hydrogens is 260 g/mol. The quantitative estimate of drug-likeness (QED) is 0.885. The predicted molar refractivity (Wildman–Crippen MR) is 54.3 cm³/mol. The Balaban J connectivity index is 2.35. The van der Waals surface area contributed by atoms with Gasteiger partial charge in [0.1, 0.15) is 0 Å². The zero-order valence-corrected chi connectivity index (χ0v) is 9.46. The van der Waals surface area contributed by atoms with E-state index in [0.717, 1.165) is 8.66 Å². The molecule has 1 aromatic heterocycles. The highest BCUT2D eigenvalue weighted by molar-refractivity contribution is 9.11. The zero-order chi connectivity index (χ0) is 9.84. The van der Waals surface area contributed by atoms with Gasteiger partial charge in [-0.25, -0.2) is 8.78 Å². The van der Waals surface area contributed by atoms with Crippen LogP contribution >= 0.6 is 27.3 Å². The van der Waals surface area contributed by atoms with Crippen molar-refractivity contribution in [2.45, 2.75) is 25.9 Å².